The molecule has 0 bridgehead atoms. The van der Waals surface area contributed by atoms with Crippen LogP contribution in [0, 0.1) is 11.8 Å². The Morgan fingerprint density at radius 1 is 1.26 bits per heavy atom. The predicted molar refractivity (Wildman–Crippen MR) is 85.6 cm³/mol. The van der Waals surface area contributed by atoms with Crippen LogP contribution in [0.4, 0.5) is 0 Å². The van der Waals surface area contributed by atoms with E-state index in [0.717, 1.165) is 28.8 Å². The van der Waals surface area contributed by atoms with Crippen LogP contribution in [0.1, 0.15) is 44.3 Å². The lowest BCUT2D eigenvalue weighted by atomic mass is 9.78. The largest absolute Gasteiger partial charge is 0.388 e. The van der Waals surface area contributed by atoms with Gasteiger partial charge in [0.05, 0.1) is 6.10 Å². The van der Waals surface area contributed by atoms with Gasteiger partial charge in [0.2, 0.25) is 0 Å². The van der Waals surface area contributed by atoms with Crippen molar-refractivity contribution in [1.82, 2.24) is 0 Å². The van der Waals surface area contributed by atoms with E-state index >= 15 is 0 Å². The van der Waals surface area contributed by atoms with Crippen LogP contribution in [0.25, 0.3) is 10.1 Å². The van der Waals surface area contributed by atoms with Crippen molar-refractivity contribution in [3.8, 4) is 0 Å². The Morgan fingerprint density at radius 2 is 2.00 bits per heavy atom. The molecule has 1 fully saturated rings. The highest BCUT2D eigenvalue weighted by Gasteiger charge is 2.27. The molecule has 1 saturated carbocycles. The molecule has 0 radical (unpaired) electrons. The minimum atomic E-state index is -0.296. The normalized spacial score (nSPS) is 25.6. The van der Waals surface area contributed by atoms with Crippen LogP contribution in [0.2, 0.25) is 0 Å². The molecular formula is C16H19BrOS. The van der Waals surface area contributed by atoms with Gasteiger partial charge in [-0.2, -0.15) is 0 Å². The summed E-state index contributed by atoms with van der Waals surface area (Å²) in [5, 5.41) is 14.1. The summed E-state index contributed by atoms with van der Waals surface area (Å²) in [6.45, 7) is 2.32. The average Bonchev–Trinajstić information content (AvgIpc) is 2.84. The molecule has 0 spiro atoms. The first kappa shape index (κ1) is 13.6. The molecule has 1 aliphatic carbocycles. The van der Waals surface area contributed by atoms with Gasteiger partial charge in [-0.15, -0.1) is 11.3 Å². The summed E-state index contributed by atoms with van der Waals surface area (Å²) in [7, 11) is 0. The average molecular weight is 339 g/mol. The molecule has 3 rings (SSSR count). The molecule has 2 aromatic rings. The minimum Gasteiger partial charge on any atom is -0.388 e. The summed E-state index contributed by atoms with van der Waals surface area (Å²) in [4.78, 5) is 0. The quantitative estimate of drug-likeness (QED) is 0.763. The van der Waals surface area contributed by atoms with Crippen LogP contribution in [0.15, 0.2) is 28.1 Å². The molecule has 19 heavy (non-hydrogen) atoms. The van der Waals surface area contributed by atoms with E-state index in [0.29, 0.717) is 5.92 Å². The SMILES string of the molecule is CC1CCC(C(O)c2csc3c(Br)cccc23)CC1. The van der Waals surface area contributed by atoms with Crippen LogP contribution in [-0.4, -0.2) is 5.11 Å². The molecular weight excluding hydrogens is 320 g/mol. The molecule has 1 nitrogen and oxygen atoms in total. The van der Waals surface area contributed by atoms with Gasteiger partial charge in [-0.1, -0.05) is 31.9 Å². The lowest BCUT2D eigenvalue weighted by Crippen LogP contribution is -2.19. The van der Waals surface area contributed by atoms with Crippen molar-refractivity contribution in [2.75, 3.05) is 0 Å². The predicted octanol–water partition coefficient (Wildman–Crippen LogP) is 5.52. The number of rotatable bonds is 2. The van der Waals surface area contributed by atoms with Crippen LogP contribution in [-0.2, 0) is 0 Å². The van der Waals surface area contributed by atoms with Gasteiger partial charge < -0.3 is 5.11 Å². The lowest BCUT2D eigenvalue weighted by molar-refractivity contribution is 0.0770. The number of hydrogen-bond acceptors (Lipinski definition) is 2. The van der Waals surface area contributed by atoms with E-state index in [2.05, 4.69) is 46.4 Å². The summed E-state index contributed by atoms with van der Waals surface area (Å²) < 4.78 is 2.38. The monoisotopic (exact) mass is 338 g/mol. The van der Waals surface area contributed by atoms with Gasteiger partial charge >= 0.3 is 0 Å². The summed E-state index contributed by atoms with van der Waals surface area (Å²) in [6.07, 6.45) is 4.54. The molecule has 1 unspecified atom stereocenters. The summed E-state index contributed by atoms with van der Waals surface area (Å²) >= 11 is 5.32. The van der Waals surface area contributed by atoms with E-state index in [4.69, 9.17) is 0 Å². The zero-order valence-corrected chi connectivity index (χ0v) is 13.5. The van der Waals surface area contributed by atoms with Crippen molar-refractivity contribution in [3.63, 3.8) is 0 Å². The molecule has 1 N–H and O–H groups in total. The Labute approximate surface area is 126 Å². The highest BCUT2D eigenvalue weighted by Crippen LogP contribution is 2.41. The first-order valence-corrected chi connectivity index (χ1v) is 8.67. The summed E-state index contributed by atoms with van der Waals surface area (Å²) in [6, 6.07) is 6.25. The minimum absolute atomic E-state index is 0.296. The van der Waals surface area contributed by atoms with Gasteiger partial charge in [0, 0.05) is 9.17 Å². The van der Waals surface area contributed by atoms with Crippen molar-refractivity contribution in [2.45, 2.75) is 38.7 Å². The molecule has 1 atom stereocenters. The zero-order valence-electron chi connectivity index (χ0n) is 11.1. The molecule has 0 saturated heterocycles. The number of halogens is 1. The van der Waals surface area contributed by atoms with Gasteiger partial charge in [0.25, 0.3) is 0 Å². The third-order valence-electron chi connectivity index (χ3n) is 4.41. The zero-order chi connectivity index (χ0) is 13.4. The van der Waals surface area contributed by atoms with Gasteiger partial charge in [-0.05, 0) is 63.0 Å². The van der Waals surface area contributed by atoms with Gasteiger partial charge in [-0.25, -0.2) is 0 Å². The number of aliphatic hydroxyl groups excluding tert-OH is 1. The van der Waals surface area contributed by atoms with E-state index in [1.165, 1.54) is 22.9 Å². The Bertz CT molecular complexity index is 569. The maximum atomic E-state index is 10.7. The van der Waals surface area contributed by atoms with Crippen molar-refractivity contribution in [1.29, 1.82) is 0 Å². The smallest absolute Gasteiger partial charge is 0.0832 e. The second-order valence-electron chi connectivity index (χ2n) is 5.77. The van der Waals surface area contributed by atoms with Crippen molar-refractivity contribution < 1.29 is 5.11 Å². The molecule has 1 heterocycles. The summed E-state index contributed by atoms with van der Waals surface area (Å²) in [5.41, 5.74) is 1.13. The molecule has 1 aromatic heterocycles. The molecule has 1 aromatic carbocycles. The van der Waals surface area contributed by atoms with Crippen molar-refractivity contribution >= 4 is 37.4 Å². The highest BCUT2D eigenvalue weighted by atomic mass is 79.9. The number of fused-ring (bicyclic) bond motifs is 1. The molecule has 3 heteroatoms. The first-order chi connectivity index (χ1) is 9.16. The van der Waals surface area contributed by atoms with Crippen LogP contribution < -0.4 is 0 Å². The molecule has 0 aliphatic heterocycles. The second kappa shape index (κ2) is 5.55. The van der Waals surface area contributed by atoms with Gasteiger partial charge in [-0.3, -0.25) is 0 Å². The first-order valence-electron chi connectivity index (χ1n) is 7.00. The van der Waals surface area contributed by atoms with Crippen LogP contribution >= 0.6 is 27.3 Å². The third-order valence-corrected chi connectivity index (χ3v) is 6.38. The molecule has 1 aliphatic rings. The van der Waals surface area contributed by atoms with Crippen molar-refractivity contribution in [2.24, 2.45) is 11.8 Å². The third kappa shape index (κ3) is 2.61. The maximum absolute atomic E-state index is 10.7. The molecule has 0 amide bonds. The Morgan fingerprint density at radius 3 is 2.74 bits per heavy atom. The Hall–Kier alpha value is -0.380. The Kier molecular flexibility index (Phi) is 3.97. The summed E-state index contributed by atoms with van der Waals surface area (Å²) in [5.74, 6) is 1.27. The topological polar surface area (TPSA) is 20.2 Å². The number of thiophene rings is 1. The highest BCUT2D eigenvalue weighted by molar-refractivity contribution is 9.10. The fourth-order valence-electron chi connectivity index (χ4n) is 3.13. The van der Waals surface area contributed by atoms with E-state index in [9.17, 15) is 5.11 Å². The fourth-order valence-corrected chi connectivity index (χ4v) is 4.78. The Balaban J connectivity index is 1.89. The second-order valence-corrected chi connectivity index (χ2v) is 7.51. The fraction of sp³-hybridized carbons (Fsp3) is 0.500. The lowest BCUT2D eigenvalue weighted by Gasteiger charge is -2.29. The van der Waals surface area contributed by atoms with Gasteiger partial charge in [0.1, 0.15) is 0 Å². The number of hydrogen-bond donors (Lipinski definition) is 1. The van der Waals surface area contributed by atoms with E-state index in [1.54, 1.807) is 11.3 Å². The maximum Gasteiger partial charge on any atom is 0.0832 e. The van der Waals surface area contributed by atoms with Gasteiger partial charge in [0.15, 0.2) is 0 Å². The van der Waals surface area contributed by atoms with Crippen molar-refractivity contribution in [3.05, 3.63) is 33.6 Å². The van der Waals surface area contributed by atoms with E-state index in [-0.39, 0.29) is 6.10 Å². The van der Waals surface area contributed by atoms with Crippen LogP contribution in [0.5, 0.6) is 0 Å². The number of benzene rings is 1. The molecule has 102 valence electrons. The van der Waals surface area contributed by atoms with E-state index < -0.39 is 0 Å². The standard InChI is InChI=1S/C16H19BrOS/c1-10-5-7-11(8-6-10)15(18)13-9-19-16-12(13)3-2-4-14(16)17/h2-4,9-11,15,18H,5-8H2,1H3. The number of aliphatic hydroxyl groups is 1. The van der Waals surface area contributed by atoms with E-state index in [1.807, 2.05) is 0 Å². The van der Waals surface area contributed by atoms with Crippen LogP contribution in [0.3, 0.4) is 0 Å².